The molecule has 1 aliphatic heterocycles. The number of hydrogen-bond donors (Lipinski definition) is 3. The van der Waals surface area contributed by atoms with Crippen molar-refractivity contribution in [2.24, 2.45) is 0 Å². The maximum atomic E-state index is 13.7. The van der Waals surface area contributed by atoms with Gasteiger partial charge in [-0.05, 0) is 35.9 Å². The average molecular weight is 611 g/mol. The fourth-order valence-corrected chi connectivity index (χ4v) is 5.02. The van der Waals surface area contributed by atoms with Crippen molar-refractivity contribution in [3.05, 3.63) is 69.6 Å². The SMILES string of the molecule is COC(=O)COc1cccc(C[C@@H](C(=O)Nc2nc(C(=O)OC)cs2)n2c(O)c(-c3ccc4c(c3)OCCO4)[nH]c2=O)c1. The Bertz CT molecular complexity index is 1730. The molecule has 0 spiro atoms. The van der Waals surface area contributed by atoms with Crippen LogP contribution < -0.4 is 25.2 Å². The first kappa shape index (κ1) is 29.2. The Morgan fingerprint density at radius 3 is 2.67 bits per heavy atom. The summed E-state index contributed by atoms with van der Waals surface area (Å²) in [5.41, 5.74) is 0.285. The zero-order chi connectivity index (χ0) is 30.5. The number of rotatable bonds is 10. The number of ether oxygens (including phenoxy) is 5. The van der Waals surface area contributed by atoms with Gasteiger partial charge in [0.25, 0.3) is 0 Å². The van der Waals surface area contributed by atoms with E-state index in [0.717, 1.165) is 15.9 Å². The summed E-state index contributed by atoms with van der Waals surface area (Å²) in [5.74, 6) is -1.15. The molecular formula is C28H26N4O10S. The van der Waals surface area contributed by atoms with Crippen LogP contribution in [0.15, 0.2) is 52.6 Å². The molecule has 0 unspecified atom stereocenters. The lowest BCUT2D eigenvalue weighted by Crippen LogP contribution is -2.33. The van der Waals surface area contributed by atoms with Crippen LogP contribution in [0.5, 0.6) is 23.1 Å². The smallest absolute Gasteiger partial charge is 0.357 e. The quantitative estimate of drug-likeness (QED) is 0.225. The molecule has 43 heavy (non-hydrogen) atoms. The first-order chi connectivity index (χ1) is 20.8. The second kappa shape index (κ2) is 12.7. The van der Waals surface area contributed by atoms with E-state index in [1.807, 2.05) is 0 Å². The van der Waals surface area contributed by atoms with Gasteiger partial charge in [-0.1, -0.05) is 12.1 Å². The Morgan fingerprint density at radius 2 is 1.91 bits per heavy atom. The summed E-state index contributed by atoms with van der Waals surface area (Å²) in [7, 11) is 2.45. The van der Waals surface area contributed by atoms with E-state index in [4.69, 9.17) is 14.2 Å². The third-order valence-electron chi connectivity index (χ3n) is 6.39. The molecule has 2 aromatic carbocycles. The lowest BCUT2D eigenvalue weighted by Gasteiger charge is -2.19. The first-order valence-corrected chi connectivity index (χ1v) is 13.7. The molecule has 5 rings (SSSR count). The van der Waals surface area contributed by atoms with Crippen LogP contribution in [-0.4, -0.2) is 71.5 Å². The zero-order valence-corrected chi connectivity index (χ0v) is 23.8. The monoisotopic (exact) mass is 610 g/mol. The van der Waals surface area contributed by atoms with Gasteiger partial charge in [-0.2, -0.15) is 0 Å². The van der Waals surface area contributed by atoms with Gasteiger partial charge in [0.1, 0.15) is 30.7 Å². The van der Waals surface area contributed by atoms with Gasteiger partial charge in [0.15, 0.2) is 28.9 Å². The molecule has 0 saturated heterocycles. The van der Waals surface area contributed by atoms with Gasteiger partial charge in [-0.3, -0.25) is 4.79 Å². The highest BCUT2D eigenvalue weighted by atomic mass is 32.1. The summed E-state index contributed by atoms with van der Waals surface area (Å²) in [6.45, 7) is 0.420. The highest BCUT2D eigenvalue weighted by molar-refractivity contribution is 7.14. The number of hydrogen-bond acceptors (Lipinski definition) is 12. The molecule has 2 aromatic heterocycles. The third-order valence-corrected chi connectivity index (χ3v) is 7.15. The number of carbonyl (C=O) groups is 3. The number of amides is 1. The van der Waals surface area contributed by atoms with Gasteiger partial charge in [0, 0.05) is 17.4 Å². The number of aromatic hydroxyl groups is 1. The number of aromatic nitrogens is 3. The van der Waals surface area contributed by atoms with Crippen LogP contribution in [0.2, 0.25) is 0 Å². The number of nitrogens with zero attached hydrogens (tertiary/aromatic N) is 2. The molecule has 1 atom stereocenters. The molecular weight excluding hydrogens is 584 g/mol. The number of H-pyrrole nitrogens is 1. The number of fused-ring (bicyclic) bond motifs is 1. The molecule has 0 radical (unpaired) electrons. The summed E-state index contributed by atoms with van der Waals surface area (Å²) in [5, 5.41) is 15.4. The molecule has 0 bridgehead atoms. The summed E-state index contributed by atoms with van der Waals surface area (Å²) in [6.07, 6.45) is -0.0810. The van der Waals surface area contributed by atoms with Gasteiger partial charge in [-0.25, -0.2) is 23.9 Å². The number of imidazole rings is 1. The van der Waals surface area contributed by atoms with Crippen molar-refractivity contribution in [1.82, 2.24) is 14.5 Å². The van der Waals surface area contributed by atoms with Gasteiger partial charge in [0.05, 0.1) is 14.2 Å². The Hall–Kier alpha value is -5.31. The van der Waals surface area contributed by atoms with Crippen LogP contribution in [0.4, 0.5) is 5.13 Å². The van der Waals surface area contributed by atoms with Crippen LogP contribution >= 0.6 is 11.3 Å². The molecule has 0 fully saturated rings. The number of thiazole rings is 1. The zero-order valence-electron chi connectivity index (χ0n) is 22.9. The predicted octanol–water partition coefficient (Wildman–Crippen LogP) is 2.54. The average Bonchev–Trinajstić information content (AvgIpc) is 3.61. The van der Waals surface area contributed by atoms with Crippen molar-refractivity contribution in [2.45, 2.75) is 12.5 Å². The maximum absolute atomic E-state index is 13.7. The minimum atomic E-state index is -1.30. The molecule has 4 aromatic rings. The number of anilines is 1. The topological polar surface area (TPSA) is 180 Å². The fraction of sp³-hybridized carbons (Fsp3) is 0.250. The molecule has 0 aliphatic carbocycles. The molecule has 1 aliphatic rings. The second-order valence-electron chi connectivity index (χ2n) is 9.11. The molecule has 3 heterocycles. The van der Waals surface area contributed by atoms with Crippen LogP contribution in [0.3, 0.4) is 0 Å². The van der Waals surface area contributed by atoms with Crippen molar-refractivity contribution >= 4 is 34.3 Å². The lowest BCUT2D eigenvalue weighted by atomic mass is 10.0. The van der Waals surface area contributed by atoms with Gasteiger partial charge < -0.3 is 39.1 Å². The molecule has 3 N–H and O–H groups in total. The number of aromatic amines is 1. The molecule has 1 amide bonds. The Kier molecular flexibility index (Phi) is 8.61. The minimum absolute atomic E-state index is 0.00245. The van der Waals surface area contributed by atoms with Crippen molar-refractivity contribution < 1.29 is 43.2 Å². The Morgan fingerprint density at radius 1 is 1.12 bits per heavy atom. The van der Waals surface area contributed by atoms with Crippen LogP contribution in [0.25, 0.3) is 11.3 Å². The number of benzene rings is 2. The molecule has 15 heteroatoms. The van der Waals surface area contributed by atoms with E-state index in [2.05, 4.69) is 24.8 Å². The van der Waals surface area contributed by atoms with E-state index in [1.165, 1.54) is 19.6 Å². The number of carbonyl (C=O) groups excluding carboxylic acids is 3. The van der Waals surface area contributed by atoms with E-state index < -0.39 is 35.5 Å². The third kappa shape index (κ3) is 6.46. The lowest BCUT2D eigenvalue weighted by molar-refractivity contribution is -0.142. The van der Waals surface area contributed by atoms with Crippen molar-refractivity contribution in [3.8, 4) is 34.4 Å². The first-order valence-electron chi connectivity index (χ1n) is 12.8. The highest BCUT2D eigenvalue weighted by Crippen LogP contribution is 2.37. The minimum Gasteiger partial charge on any atom is -0.493 e. The van der Waals surface area contributed by atoms with Gasteiger partial charge in [0.2, 0.25) is 11.8 Å². The van der Waals surface area contributed by atoms with Crippen LogP contribution in [-0.2, 0) is 25.5 Å². The maximum Gasteiger partial charge on any atom is 0.357 e. The molecule has 0 saturated carbocycles. The summed E-state index contributed by atoms with van der Waals surface area (Å²) < 4.78 is 26.8. The van der Waals surface area contributed by atoms with Crippen molar-refractivity contribution in [1.29, 1.82) is 0 Å². The van der Waals surface area contributed by atoms with E-state index in [1.54, 1.807) is 42.5 Å². The largest absolute Gasteiger partial charge is 0.493 e. The number of esters is 2. The Balaban J connectivity index is 1.49. The Labute approximate surface area is 247 Å². The summed E-state index contributed by atoms with van der Waals surface area (Å²) >= 11 is 0.987. The standard InChI is InChI=1S/C28H26N4O10S/c1-38-22(33)13-42-17-5-3-4-15(10-17)11-19(24(34)31-27-29-18(14-43-27)26(36)39-2)32-25(35)23(30-28(32)37)16-6-7-20-21(12-16)41-9-8-40-20/h3-7,10,12,14,19,35H,8-9,11,13H2,1-2H3,(H,30,37)(H,29,31,34)/t19-/m0/s1. The van der Waals surface area contributed by atoms with E-state index in [9.17, 15) is 24.3 Å². The number of nitrogens with one attached hydrogen (secondary N) is 2. The molecule has 224 valence electrons. The van der Waals surface area contributed by atoms with Gasteiger partial charge in [-0.15, -0.1) is 11.3 Å². The second-order valence-corrected chi connectivity index (χ2v) is 9.97. The number of methoxy groups -OCH3 is 2. The van der Waals surface area contributed by atoms with Crippen LogP contribution in [0.1, 0.15) is 22.1 Å². The fourth-order valence-electron chi connectivity index (χ4n) is 4.34. The predicted molar refractivity (Wildman–Crippen MR) is 152 cm³/mol. The van der Waals surface area contributed by atoms with E-state index >= 15 is 0 Å². The highest BCUT2D eigenvalue weighted by Gasteiger charge is 2.30. The van der Waals surface area contributed by atoms with E-state index in [-0.39, 0.29) is 29.5 Å². The summed E-state index contributed by atoms with van der Waals surface area (Å²) in [4.78, 5) is 57.0. The molecule has 14 nitrogen and oxygen atoms in total. The van der Waals surface area contributed by atoms with E-state index in [0.29, 0.717) is 41.6 Å². The van der Waals surface area contributed by atoms with Crippen molar-refractivity contribution in [2.75, 3.05) is 39.4 Å². The van der Waals surface area contributed by atoms with Crippen LogP contribution in [0, 0.1) is 0 Å². The normalized spacial score (nSPS) is 12.7. The van der Waals surface area contributed by atoms with Gasteiger partial charge >= 0.3 is 17.6 Å². The summed E-state index contributed by atoms with van der Waals surface area (Å²) in [6, 6.07) is 10.2. The van der Waals surface area contributed by atoms with Crippen molar-refractivity contribution in [3.63, 3.8) is 0 Å².